The van der Waals surface area contributed by atoms with Crippen molar-refractivity contribution < 1.29 is 34.8 Å². The van der Waals surface area contributed by atoms with E-state index in [0.717, 1.165) is 0 Å². The Morgan fingerprint density at radius 3 is 1.93 bits per heavy atom. The Morgan fingerprint density at radius 2 is 1.60 bits per heavy atom. The SMILES string of the molecule is O=C(O)CCN[C@@](O)(CC(=O)O)C(=O)O. The van der Waals surface area contributed by atoms with Gasteiger partial charge in [-0.2, -0.15) is 0 Å². The minimum Gasteiger partial charge on any atom is -0.481 e. The topological polar surface area (TPSA) is 144 Å². The van der Waals surface area contributed by atoms with Gasteiger partial charge in [0.25, 0.3) is 0 Å². The predicted molar refractivity (Wildman–Crippen MR) is 45.1 cm³/mol. The molecule has 0 spiro atoms. The van der Waals surface area contributed by atoms with Crippen LogP contribution >= 0.6 is 0 Å². The second-order valence-electron chi connectivity index (χ2n) is 2.81. The van der Waals surface area contributed by atoms with Crippen LogP contribution in [0.5, 0.6) is 0 Å². The molecule has 0 aliphatic carbocycles. The molecule has 0 saturated carbocycles. The van der Waals surface area contributed by atoms with Gasteiger partial charge >= 0.3 is 17.9 Å². The summed E-state index contributed by atoms with van der Waals surface area (Å²) in [5.74, 6) is -4.47. The number of nitrogens with one attached hydrogen (secondary N) is 1. The summed E-state index contributed by atoms with van der Waals surface area (Å²) in [5.41, 5.74) is -2.64. The number of aliphatic hydroxyl groups is 1. The van der Waals surface area contributed by atoms with E-state index in [2.05, 4.69) is 0 Å². The van der Waals surface area contributed by atoms with Gasteiger partial charge in [0.1, 0.15) is 0 Å². The summed E-state index contributed by atoms with van der Waals surface area (Å²) >= 11 is 0. The number of hydrogen-bond acceptors (Lipinski definition) is 5. The molecule has 0 aromatic rings. The summed E-state index contributed by atoms with van der Waals surface area (Å²) in [6, 6.07) is 0. The van der Waals surface area contributed by atoms with Crippen molar-refractivity contribution in [3.63, 3.8) is 0 Å². The third-order valence-corrected chi connectivity index (χ3v) is 1.52. The first-order valence-corrected chi connectivity index (χ1v) is 3.92. The Hall–Kier alpha value is -1.67. The molecule has 0 amide bonds. The van der Waals surface area contributed by atoms with Crippen LogP contribution in [0.25, 0.3) is 0 Å². The molecule has 8 heteroatoms. The van der Waals surface area contributed by atoms with Gasteiger partial charge in [0.2, 0.25) is 5.72 Å². The molecule has 0 unspecified atom stereocenters. The smallest absolute Gasteiger partial charge is 0.351 e. The van der Waals surface area contributed by atoms with Gasteiger partial charge in [-0.25, -0.2) is 4.79 Å². The standard InChI is InChI=1S/C7H11NO7/c9-4(10)1-2-8-7(15,6(13)14)3-5(11)12/h8,15H,1-3H2,(H,9,10)(H,11,12)(H,13,14)/t7-/m1/s1. The van der Waals surface area contributed by atoms with Crippen molar-refractivity contribution in [2.24, 2.45) is 0 Å². The van der Waals surface area contributed by atoms with E-state index >= 15 is 0 Å². The fourth-order valence-corrected chi connectivity index (χ4v) is 0.809. The number of aliphatic carboxylic acids is 3. The van der Waals surface area contributed by atoms with E-state index in [1.807, 2.05) is 5.32 Å². The molecule has 0 aliphatic heterocycles. The molecule has 0 aromatic heterocycles. The van der Waals surface area contributed by atoms with Gasteiger partial charge in [0.05, 0.1) is 12.8 Å². The van der Waals surface area contributed by atoms with Gasteiger partial charge < -0.3 is 20.4 Å². The monoisotopic (exact) mass is 221 g/mol. The summed E-state index contributed by atoms with van der Waals surface area (Å²) in [5, 5.41) is 36.3. The van der Waals surface area contributed by atoms with Crippen LogP contribution in [0.15, 0.2) is 0 Å². The lowest BCUT2D eigenvalue weighted by molar-refractivity contribution is -0.169. The first-order chi connectivity index (χ1) is 6.78. The number of hydrogen-bond donors (Lipinski definition) is 5. The maximum atomic E-state index is 10.5. The van der Waals surface area contributed by atoms with Gasteiger partial charge in [-0.1, -0.05) is 0 Å². The molecule has 5 N–H and O–H groups in total. The van der Waals surface area contributed by atoms with Crippen molar-refractivity contribution in [1.29, 1.82) is 0 Å². The number of carboxylic acid groups (broad SMARTS) is 3. The Kier molecular flexibility index (Phi) is 4.68. The summed E-state index contributed by atoms with van der Waals surface area (Å²) in [6.45, 7) is -0.342. The summed E-state index contributed by atoms with van der Waals surface area (Å²) in [4.78, 5) is 30.8. The molecular formula is C7H11NO7. The van der Waals surface area contributed by atoms with E-state index in [1.54, 1.807) is 0 Å². The van der Waals surface area contributed by atoms with Crippen LogP contribution in [0.3, 0.4) is 0 Å². The average molecular weight is 221 g/mol. The highest BCUT2D eigenvalue weighted by atomic mass is 16.4. The lowest BCUT2D eigenvalue weighted by atomic mass is 10.1. The van der Waals surface area contributed by atoms with Crippen molar-refractivity contribution in [2.75, 3.05) is 6.54 Å². The van der Waals surface area contributed by atoms with Gasteiger partial charge in [-0.3, -0.25) is 14.9 Å². The third kappa shape index (κ3) is 4.93. The molecule has 0 heterocycles. The minimum atomic E-state index is -2.64. The zero-order chi connectivity index (χ0) is 12.1. The predicted octanol–water partition coefficient (Wildman–Crippen LogP) is -1.70. The number of carbonyl (C=O) groups is 3. The summed E-state index contributed by atoms with van der Waals surface area (Å²) in [6.07, 6.45) is -1.48. The Balaban J connectivity index is 4.32. The normalized spacial score (nSPS) is 14.2. The lowest BCUT2D eigenvalue weighted by Gasteiger charge is -2.22. The van der Waals surface area contributed by atoms with Crippen molar-refractivity contribution in [1.82, 2.24) is 5.32 Å². The Bertz CT molecular complexity index is 277. The lowest BCUT2D eigenvalue weighted by Crippen LogP contribution is -2.54. The van der Waals surface area contributed by atoms with Gasteiger partial charge in [-0.05, 0) is 0 Å². The molecule has 0 radical (unpaired) electrons. The molecule has 0 fully saturated rings. The minimum absolute atomic E-state index is 0.342. The molecule has 0 rings (SSSR count). The average Bonchev–Trinajstić information content (AvgIpc) is 2.01. The highest BCUT2D eigenvalue weighted by Crippen LogP contribution is 2.06. The van der Waals surface area contributed by atoms with E-state index in [-0.39, 0.29) is 6.54 Å². The van der Waals surface area contributed by atoms with Gasteiger partial charge in [0.15, 0.2) is 0 Å². The summed E-state index contributed by atoms with van der Waals surface area (Å²) < 4.78 is 0. The maximum absolute atomic E-state index is 10.5. The van der Waals surface area contributed by atoms with Crippen LogP contribution in [-0.4, -0.2) is 50.6 Å². The highest BCUT2D eigenvalue weighted by molar-refractivity contribution is 5.83. The van der Waals surface area contributed by atoms with E-state index in [0.29, 0.717) is 0 Å². The first kappa shape index (κ1) is 13.3. The first-order valence-electron chi connectivity index (χ1n) is 3.92. The quantitative estimate of drug-likeness (QED) is 0.320. The maximum Gasteiger partial charge on any atom is 0.351 e. The molecule has 0 aliphatic rings. The van der Waals surface area contributed by atoms with Crippen LogP contribution in [-0.2, 0) is 14.4 Å². The second-order valence-corrected chi connectivity index (χ2v) is 2.81. The van der Waals surface area contributed by atoms with Crippen molar-refractivity contribution >= 4 is 17.9 Å². The molecular weight excluding hydrogens is 210 g/mol. The third-order valence-electron chi connectivity index (χ3n) is 1.52. The Morgan fingerprint density at radius 1 is 1.07 bits per heavy atom. The molecule has 0 aromatic carbocycles. The van der Waals surface area contributed by atoms with E-state index < -0.39 is 36.5 Å². The van der Waals surface area contributed by atoms with Crippen molar-refractivity contribution in [2.45, 2.75) is 18.6 Å². The molecule has 8 nitrogen and oxygen atoms in total. The zero-order valence-electron chi connectivity index (χ0n) is 7.63. The zero-order valence-corrected chi connectivity index (χ0v) is 7.63. The largest absolute Gasteiger partial charge is 0.481 e. The van der Waals surface area contributed by atoms with E-state index in [9.17, 15) is 19.5 Å². The van der Waals surface area contributed by atoms with Crippen LogP contribution in [0.4, 0.5) is 0 Å². The van der Waals surface area contributed by atoms with Gasteiger partial charge in [0, 0.05) is 6.54 Å². The fraction of sp³-hybridized carbons (Fsp3) is 0.571. The van der Waals surface area contributed by atoms with Crippen molar-refractivity contribution in [3.05, 3.63) is 0 Å². The van der Waals surface area contributed by atoms with Crippen LogP contribution < -0.4 is 5.32 Å². The highest BCUT2D eigenvalue weighted by Gasteiger charge is 2.38. The van der Waals surface area contributed by atoms with E-state index in [1.165, 1.54) is 0 Å². The fourth-order valence-electron chi connectivity index (χ4n) is 0.809. The molecule has 1 atom stereocenters. The van der Waals surface area contributed by atoms with Crippen molar-refractivity contribution in [3.8, 4) is 0 Å². The second kappa shape index (κ2) is 5.27. The van der Waals surface area contributed by atoms with Crippen LogP contribution in [0.2, 0.25) is 0 Å². The Labute approximate surface area is 84.1 Å². The van der Waals surface area contributed by atoms with Crippen LogP contribution in [0, 0.1) is 0 Å². The molecule has 15 heavy (non-hydrogen) atoms. The van der Waals surface area contributed by atoms with E-state index in [4.69, 9.17) is 15.3 Å². The number of rotatable bonds is 7. The molecule has 86 valence electrons. The van der Waals surface area contributed by atoms with Crippen LogP contribution in [0.1, 0.15) is 12.8 Å². The molecule has 0 saturated heterocycles. The van der Waals surface area contributed by atoms with Gasteiger partial charge in [-0.15, -0.1) is 0 Å². The molecule has 0 bridgehead atoms. The number of carboxylic acids is 3. The summed E-state index contributed by atoms with van der Waals surface area (Å²) in [7, 11) is 0.